The van der Waals surface area contributed by atoms with Gasteiger partial charge in [0.05, 0.1) is 10.1 Å². The van der Waals surface area contributed by atoms with Crippen LogP contribution in [0.25, 0.3) is 10.8 Å². The molecule has 0 spiro atoms. The summed E-state index contributed by atoms with van der Waals surface area (Å²) in [5.74, 6) is 2.40. The molecular weight excluding hydrogens is 268 g/mol. The molecule has 0 aliphatic heterocycles. The van der Waals surface area contributed by atoms with Gasteiger partial charge in [0.2, 0.25) is 5.89 Å². The lowest BCUT2D eigenvalue weighted by molar-refractivity contribution is 0.250. The maximum absolute atomic E-state index is 8.98. The fourth-order valence-corrected chi connectivity index (χ4v) is 2.94. The van der Waals surface area contributed by atoms with E-state index in [1.165, 1.54) is 0 Å². The van der Waals surface area contributed by atoms with Gasteiger partial charge in [-0.15, -0.1) is 33.3 Å². The number of rotatable bonds is 6. The molecule has 0 aromatic carbocycles. The van der Waals surface area contributed by atoms with Gasteiger partial charge in [-0.1, -0.05) is 13.0 Å². The molecule has 0 amide bonds. The van der Waals surface area contributed by atoms with Gasteiger partial charge in [0.15, 0.2) is 0 Å². The second-order valence-corrected chi connectivity index (χ2v) is 6.51. The molecule has 0 saturated carbocycles. The summed E-state index contributed by atoms with van der Waals surface area (Å²) in [5, 5.41) is 19.3. The SMILES string of the molecule is CC(CO)CSC(C)c1nnc(-c2cccs2)o1. The first kappa shape index (κ1) is 13.6. The van der Waals surface area contributed by atoms with Gasteiger partial charge < -0.3 is 9.52 Å². The number of thiophene rings is 1. The third kappa shape index (κ3) is 3.34. The molecule has 2 atom stereocenters. The van der Waals surface area contributed by atoms with Gasteiger partial charge in [-0.25, -0.2) is 0 Å². The van der Waals surface area contributed by atoms with Crippen LogP contribution in [0.1, 0.15) is 25.0 Å². The van der Waals surface area contributed by atoms with Crippen molar-refractivity contribution in [3.63, 3.8) is 0 Å². The van der Waals surface area contributed by atoms with Gasteiger partial charge in [0.1, 0.15) is 0 Å². The lowest BCUT2D eigenvalue weighted by Gasteiger charge is -2.10. The van der Waals surface area contributed by atoms with Crippen LogP contribution in [0.15, 0.2) is 21.9 Å². The number of nitrogens with zero attached hydrogens (tertiary/aromatic N) is 2. The minimum atomic E-state index is 0.153. The van der Waals surface area contributed by atoms with Crippen LogP contribution >= 0.6 is 23.1 Å². The van der Waals surface area contributed by atoms with Gasteiger partial charge >= 0.3 is 0 Å². The quantitative estimate of drug-likeness (QED) is 0.882. The molecule has 4 nitrogen and oxygen atoms in total. The molecule has 2 aromatic rings. The van der Waals surface area contributed by atoms with Gasteiger partial charge in [0, 0.05) is 6.61 Å². The van der Waals surface area contributed by atoms with E-state index in [4.69, 9.17) is 9.52 Å². The van der Waals surface area contributed by atoms with Crippen LogP contribution in [0.5, 0.6) is 0 Å². The maximum atomic E-state index is 8.98. The Bertz CT molecular complexity index is 470. The molecule has 0 fully saturated rings. The standard InChI is InChI=1S/C12H16N2O2S2/c1-8(6-15)7-18-9(2)11-13-14-12(16-11)10-4-3-5-17-10/h3-5,8-9,15H,6-7H2,1-2H3. The zero-order valence-corrected chi connectivity index (χ0v) is 12.0. The van der Waals surface area contributed by atoms with E-state index in [2.05, 4.69) is 10.2 Å². The van der Waals surface area contributed by atoms with Crippen LogP contribution in [0.4, 0.5) is 0 Å². The molecule has 0 aliphatic carbocycles. The molecule has 0 bridgehead atoms. The lowest BCUT2D eigenvalue weighted by Crippen LogP contribution is -2.04. The Morgan fingerprint density at radius 1 is 1.44 bits per heavy atom. The molecule has 2 heterocycles. The summed E-state index contributed by atoms with van der Waals surface area (Å²) in [6, 6.07) is 3.93. The largest absolute Gasteiger partial charge is 0.419 e. The Morgan fingerprint density at radius 2 is 2.28 bits per heavy atom. The van der Waals surface area contributed by atoms with Crippen molar-refractivity contribution < 1.29 is 9.52 Å². The van der Waals surface area contributed by atoms with Crippen molar-refractivity contribution in [1.29, 1.82) is 0 Å². The Hall–Kier alpha value is -0.850. The van der Waals surface area contributed by atoms with Gasteiger partial charge in [-0.3, -0.25) is 0 Å². The van der Waals surface area contributed by atoms with E-state index in [0.29, 0.717) is 11.8 Å². The average molecular weight is 284 g/mol. The van der Waals surface area contributed by atoms with E-state index in [-0.39, 0.29) is 17.8 Å². The van der Waals surface area contributed by atoms with Crippen LogP contribution in [0, 0.1) is 5.92 Å². The van der Waals surface area contributed by atoms with Gasteiger partial charge in [-0.05, 0) is 30.0 Å². The molecule has 2 rings (SSSR count). The number of hydrogen-bond acceptors (Lipinski definition) is 6. The predicted molar refractivity (Wildman–Crippen MR) is 74.7 cm³/mol. The van der Waals surface area contributed by atoms with E-state index in [0.717, 1.165) is 10.6 Å². The third-order valence-electron chi connectivity index (χ3n) is 2.46. The van der Waals surface area contributed by atoms with Crippen molar-refractivity contribution in [2.45, 2.75) is 19.1 Å². The second kappa shape index (κ2) is 6.36. The summed E-state index contributed by atoms with van der Waals surface area (Å²) in [6.45, 7) is 4.27. The minimum absolute atomic E-state index is 0.153. The van der Waals surface area contributed by atoms with Crippen molar-refractivity contribution in [1.82, 2.24) is 10.2 Å². The van der Waals surface area contributed by atoms with Crippen molar-refractivity contribution >= 4 is 23.1 Å². The van der Waals surface area contributed by atoms with Crippen LogP contribution in [-0.2, 0) is 0 Å². The fraction of sp³-hybridized carbons (Fsp3) is 0.500. The Labute approximate surface area is 114 Å². The highest BCUT2D eigenvalue weighted by Gasteiger charge is 2.16. The molecule has 0 radical (unpaired) electrons. The Morgan fingerprint density at radius 3 is 2.94 bits per heavy atom. The molecule has 2 aromatic heterocycles. The van der Waals surface area contributed by atoms with Crippen LogP contribution in [0.2, 0.25) is 0 Å². The molecule has 98 valence electrons. The first-order valence-electron chi connectivity index (χ1n) is 5.80. The minimum Gasteiger partial charge on any atom is -0.419 e. The number of thioether (sulfide) groups is 1. The smallest absolute Gasteiger partial charge is 0.257 e. The molecule has 0 aliphatic rings. The van der Waals surface area contributed by atoms with Gasteiger partial charge in [0.25, 0.3) is 5.89 Å². The first-order valence-corrected chi connectivity index (χ1v) is 7.73. The highest BCUT2D eigenvalue weighted by atomic mass is 32.2. The Balaban J connectivity index is 1.97. The van der Waals surface area contributed by atoms with Crippen molar-refractivity contribution in [2.75, 3.05) is 12.4 Å². The highest BCUT2D eigenvalue weighted by molar-refractivity contribution is 7.99. The van der Waals surface area contributed by atoms with Crippen LogP contribution in [-0.4, -0.2) is 27.7 Å². The predicted octanol–water partition coefficient (Wildman–Crippen LogP) is 3.22. The summed E-state index contributed by atoms with van der Waals surface area (Å²) < 4.78 is 5.66. The third-order valence-corrected chi connectivity index (χ3v) is 4.78. The number of aromatic nitrogens is 2. The molecule has 0 saturated heterocycles. The van der Waals surface area contributed by atoms with Gasteiger partial charge in [-0.2, -0.15) is 0 Å². The molecule has 2 unspecified atom stereocenters. The zero-order chi connectivity index (χ0) is 13.0. The zero-order valence-electron chi connectivity index (χ0n) is 10.4. The van der Waals surface area contributed by atoms with E-state index >= 15 is 0 Å². The van der Waals surface area contributed by atoms with Crippen LogP contribution in [0.3, 0.4) is 0 Å². The van der Waals surface area contributed by atoms with E-state index in [1.807, 2.05) is 31.4 Å². The normalized spacial score (nSPS) is 14.6. The molecule has 1 N–H and O–H groups in total. The maximum Gasteiger partial charge on any atom is 0.257 e. The molecule has 6 heteroatoms. The van der Waals surface area contributed by atoms with E-state index in [1.54, 1.807) is 23.1 Å². The van der Waals surface area contributed by atoms with Crippen molar-refractivity contribution in [3.8, 4) is 10.8 Å². The Kier molecular flexibility index (Phi) is 4.79. The summed E-state index contributed by atoms with van der Waals surface area (Å²) in [7, 11) is 0. The molecule has 18 heavy (non-hydrogen) atoms. The topological polar surface area (TPSA) is 59.2 Å². The van der Waals surface area contributed by atoms with Crippen molar-refractivity contribution in [3.05, 3.63) is 23.4 Å². The summed E-state index contributed by atoms with van der Waals surface area (Å²) in [6.07, 6.45) is 0. The average Bonchev–Trinajstić information content (AvgIpc) is 3.04. The second-order valence-electron chi connectivity index (χ2n) is 4.19. The van der Waals surface area contributed by atoms with E-state index < -0.39 is 0 Å². The number of hydrogen-bond donors (Lipinski definition) is 1. The van der Waals surface area contributed by atoms with Crippen LogP contribution < -0.4 is 0 Å². The lowest BCUT2D eigenvalue weighted by atomic mass is 10.2. The summed E-state index contributed by atoms with van der Waals surface area (Å²) >= 11 is 3.31. The monoisotopic (exact) mass is 284 g/mol. The van der Waals surface area contributed by atoms with Crippen molar-refractivity contribution in [2.24, 2.45) is 5.92 Å². The van der Waals surface area contributed by atoms with E-state index in [9.17, 15) is 0 Å². The number of aliphatic hydroxyl groups is 1. The number of aliphatic hydroxyl groups excluding tert-OH is 1. The summed E-state index contributed by atoms with van der Waals surface area (Å²) in [5.41, 5.74) is 0. The molecular formula is C12H16N2O2S2. The summed E-state index contributed by atoms with van der Waals surface area (Å²) in [4.78, 5) is 0.995. The highest BCUT2D eigenvalue weighted by Crippen LogP contribution is 2.31. The first-order chi connectivity index (χ1) is 8.70. The fourth-order valence-electron chi connectivity index (χ4n) is 1.33.